The van der Waals surface area contributed by atoms with E-state index in [0.29, 0.717) is 16.5 Å². The monoisotopic (exact) mass is 262 g/mol. The molecule has 0 spiro atoms. The van der Waals surface area contributed by atoms with Crippen molar-refractivity contribution in [3.05, 3.63) is 54.2 Å². The first-order chi connectivity index (χ1) is 9.05. The Balaban J connectivity index is 2.31. The van der Waals surface area contributed by atoms with Crippen molar-refractivity contribution in [3.63, 3.8) is 0 Å². The van der Waals surface area contributed by atoms with Gasteiger partial charge in [0.15, 0.2) is 0 Å². The van der Waals surface area contributed by atoms with Crippen LogP contribution in [0.25, 0.3) is 22.0 Å². The van der Waals surface area contributed by atoms with E-state index in [1.54, 1.807) is 24.3 Å². The van der Waals surface area contributed by atoms with Gasteiger partial charge in [-0.3, -0.25) is 5.10 Å². The molecule has 0 amide bonds. The number of hydrogen-bond donors (Lipinski definition) is 1. The van der Waals surface area contributed by atoms with Crippen LogP contribution >= 0.6 is 0 Å². The van der Waals surface area contributed by atoms with Gasteiger partial charge in [-0.05, 0) is 23.3 Å². The molecule has 0 bridgehead atoms. The lowest BCUT2D eigenvalue weighted by Crippen LogP contribution is -2.05. The summed E-state index contributed by atoms with van der Waals surface area (Å²) in [5.41, 5.74) is 0.968. The fraction of sp³-hybridized carbons (Fsp3) is 0.0714. The van der Waals surface area contributed by atoms with E-state index in [1.165, 1.54) is 6.20 Å². The van der Waals surface area contributed by atoms with Crippen molar-refractivity contribution < 1.29 is 13.2 Å². The third-order valence-electron chi connectivity index (χ3n) is 2.97. The van der Waals surface area contributed by atoms with Gasteiger partial charge in [0.2, 0.25) is 0 Å². The molecule has 5 heteroatoms. The highest BCUT2D eigenvalue weighted by molar-refractivity contribution is 5.95. The minimum atomic E-state index is -4.37. The van der Waals surface area contributed by atoms with Crippen molar-refractivity contribution in [2.24, 2.45) is 0 Å². The zero-order chi connectivity index (χ0) is 13.5. The SMILES string of the molecule is FC(F)(F)c1cc(-c2ccccc2)c2cn[nH]c2c1. The highest BCUT2D eigenvalue weighted by Crippen LogP contribution is 2.36. The minimum absolute atomic E-state index is 0.383. The van der Waals surface area contributed by atoms with E-state index < -0.39 is 11.7 Å². The Hall–Kier alpha value is -2.30. The predicted octanol–water partition coefficient (Wildman–Crippen LogP) is 4.25. The number of rotatable bonds is 1. The molecule has 96 valence electrons. The number of hydrogen-bond acceptors (Lipinski definition) is 1. The largest absolute Gasteiger partial charge is 0.416 e. The van der Waals surface area contributed by atoms with E-state index in [2.05, 4.69) is 10.2 Å². The average molecular weight is 262 g/mol. The van der Waals surface area contributed by atoms with Crippen LogP contribution in [0.3, 0.4) is 0 Å². The van der Waals surface area contributed by atoms with Crippen molar-refractivity contribution in [3.8, 4) is 11.1 Å². The number of benzene rings is 2. The molecule has 3 rings (SSSR count). The quantitative estimate of drug-likeness (QED) is 0.697. The Morgan fingerprint density at radius 2 is 1.74 bits per heavy atom. The van der Waals surface area contributed by atoms with E-state index in [1.807, 2.05) is 6.07 Å². The van der Waals surface area contributed by atoms with E-state index >= 15 is 0 Å². The normalized spacial score (nSPS) is 11.9. The lowest BCUT2D eigenvalue weighted by molar-refractivity contribution is -0.137. The Morgan fingerprint density at radius 3 is 2.42 bits per heavy atom. The Kier molecular flexibility index (Phi) is 2.55. The molecular formula is C14H9F3N2. The van der Waals surface area contributed by atoms with Gasteiger partial charge in [0.05, 0.1) is 17.3 Å². The highest BCUT2D eigenvalue weighted by atomic mass is 19.4. The Morgan fingerprint density at radius 1 is 1.00 bits per heavy atom. The van der Waals surface area contributed by atoms with Crippen LogP contribution in [0.15, 0.2) is 48.7 Å². The summed E-state index contributed by atoms with van der Waals surface area (Å²) in [4.78, 5) is 0. The van der Waals surface area contributed by atoms with Gasteiger partial charge in [-0.15, -0.1) is 0 Å². The zero-order valence-electron chi connectivity index (χ0n) is 9.70. The molecule has 0 saturated carbocycles. The van der Waals surface area contributed by atoms with Gasteiger partial charge in [0, 0.05) is 5.39 Å². The summed E-state index contributed by atoms with van der Waals surface area (Å²) >= 11 is 0. The van der Waals surface area contributed by atoms with Crippen molar-refractivity contribution in [1.29, 1.82) is 0 Å². The maximum absolute atomic E-state index is 12.9. The fourth-order valence-corrected chi connectivity index (χ4v) is 2.07. The van der Waals surface area contributed by atoms with Gasteiger partial charge in [0.25, 0.3) is 0 Å². The van der Waals surface area contributed by atoms with Crippen molar-refractivity contribution in [2.45, 2.75) is 6.18 Å². The molecule has 0 aliphatic carbocycles. The Bertz CT molecular complexity index is 714. The van der Waals surface area contributed by atoms with Crippen LogP contribution in [0.5, 0.6) is 0 Å². The van der Waals surface area contributed by atoms with Crippen LogP contribution in [0.2, 0.25) is 0 Å². The van der Waals surface area contributed by atoms with E-state index in [4.69, 9.17) is 0 Å². The number of aromatic amines is 1. The number of fused-ring (bicyclic) bond motifs is 1. The number of H-pyrrole nitrogens is 1. The lowest BCUT2D eigenvalue weighted by Gasteiger charge is -2.10. The molecule has 0 radical (unpaired) electrons. The molecule has 0 aliphatic rings. The van der Waals surface area contributed by atoms with Gasteiger partial charge >= 0.3 is 6.18 Å². The second-order valence-electron chi connectivity index (χ2n) is 4.22. The molecule has 0 fully saturated rings. The topological polar surface area (TPSA) is 28.7 Å². The average Bonchev–Trinajstić information content (AvgIpc) is 2.85. The zero-order valence-corrected chi connectivity index (χ0v) is 9.70. The summed E-state index contributed by atoms with van der Waals surface area (Å²) in [5.74, 6) is 0. The second-order valence-corrected chi connectivity index (χ2v) is 4.22. The molecule has 0 unspecified atom stereocenters. The van der Waals surface area contributed by atoms with Gasteiger partial charge in [0.1, 0.15) is 0 Å². The minimum Gasteiger partial charge on any atom is -0.278 e. The molecule has 2 aromatic carbocycles. The Labute approximate surface area is 106 Å². The highest BCUT2D eigenvalue weighted by Gasteiger charge is 2.31. The molecule has 0 saturated heterocycles. The van der Waals surface area contributed by atoms with Crippen molar-refractivity contribution in [2.75, 3.05) is 0 Å². The number of aromatic nitrogens is 2. The third-order valence-corrected chi connectivity index (χ3v) is 2.97. The molecule has 0 atom stereocenters. The summed E-state index contributed by atoms with van der Waals surface area (Å²) < 4.78 is 38.7. The maximum Gasteiger partial charge on any atom is 0.416 e. The summed E-state index contributed by atoms with van der Waals surface area (Å²) in [5, 5.41) is 7.09. The van der Waals surface area contributed by atoms with E-state index in [-0.39, 0.29) is 0 Å². The first kappa shape index (κ1) is 11.8. The van der Waals surface area contributed by atoms with Crippen LogP contribution < -0.4 is 0 Å². The van der Waals surface area contributed by atoms with Crippen molar-refractivity contribution in [1.82, 2.24) is 10.2 Å². The molecule has 0 aliphatic heterocycles. The van der Waals surface area contributed by atoms with Gasteiger partial charge in [-0.25, -0.2) is 0 Å². The van der Waals surface area contributed by atoms with Crippen LogP contribution in [0.4, 0.5) is 13.2 Å². The van der Waals surface area contributed by atoms with Crippen LogP contribution in [-0.2, 0) is 6.18 Å². The standard InChI is InChI=1S/C14H9F3N2/c15-14(16,17)10-6-11(9-4-2-1-3-5-9)12-8-18-19-13(12)7-10/h1-8H,(H,18,19). The molecule has 3 aromatic rings. The van der Waals surface area contributed by atoms with Gasteiger partial charge in [-0.1, -0.05) is 30.3 Å². The smallest absolute Gasteiger partial charge is 0.278 e. The molecule has 1 aromatic heterocycles. The summed E-state index contributed by atoms with van der Waals surface area (Å²) in [7, 11) is 0. The first-order valence-electron chi connectivity index (χ1n) is 5.65. The maximum atomic E-state index is 12.9. The number of halogens is 3. The summed E-state index contributed by atoms with van der Waals surface area (Å²) in [6, 6.07) is 11.2. The summed E-state index contributed by atoms with van der Waals surface area (Å²) in [6.07, 6.45) is -2.83. The summed E-state index contributed by atoms with van der Waals surface area (Å²) in [6.45, 7) is 0. The second kappa shape index (κ2) is 4.12. The van der Waals surface area contributed by atoms with Gasteiger partial charge in [-0.2, -0.15) is 18.3 Å². The third kappa shape index (κ3) is 2.07. The number of nitrogens with one attached hydrogen (secondary N) is 1. The van der Waals surface area contributed by atoms with E-state index in [9.17, 15) is 13.2 Å². The lowest BCUT2D eigenvalue weighted by atomic mass is 9.99. The molecule has 1 N–H and O–H groups in total. The van der Waals surface area contributed by atoms with E-state index in [0.717, 1.165) is 17.7 Å². The number of alkyl halides is 3. The number of nitrogens with zero attached hydrogens (tertiary/aromatic N) is 1. The first-order valence-corrected chi connectivity index (χ1v) is 5.65. The van der Waals surface area contributed by atoms with Crippen LogP contribution in [0.1, 0.15) is 5.56 Å². The van der Waals surface area contributed by atoms with Crippen LogP contribution in [-0.4, -0.2) is 10.2 Å². The fourth-order valence-electron chi connectivity index (χ4n) is 2.07. The predicted molar refractivity (Wildman–Crippen MR) is 66.5 cm³/mol. The molecule has 19 heavy (non-hydrogen) atoms. The molecule has 2 nitrogen and oxygen atoms in total. The van der Waals surface area contributed by atoms with Crippen molar-refractivity contribution >= 4 is 10.9 Å². The molecular weight excluding hydrogens is 253 g/mol. The molecule has 1 heterocycles. The van der Waals surface area contributed by atoms with Gasteiger partial charge < -0.3 is 0 Å². The van der Waals surface area contributed by atoms with Crippen LogP contribution in [0, 0.1) is 0 Å².